The van der Waals surface area contributed by atoms with Crippen molar-refractivity contribution in [1.82, 2.24) is 9.97 Å². The number of ether oxygens (including phenoxy) is 1. The normalized spacial score (nSPS) is 17.3. The maximum absolute atomic E-state index is 6.14. The first-order valence-corrected chi connectivity index (χ1v) is 6.10. The number of fused-ring (bicyclic) bond motifs is 1. The van der Waals surface area contributed by atoms with Gasteiger partial charge in [0.05, 0.1) is 0 Å². The zero-order chi connectivity index (χ0) is 12.5. The third-order valence-electron chi connectivity index (χ3n) is 3.00. The molecule has 1 aliphatic rings. The lowest BCUT2D eigenvalue weighted by molar-refractivity contribution is 0.242. The molecule has 92 valence electrons. The zero-order valence-electron chi connectivity index (χ0n) is 9.64. The molecule has 1 unspecified atom stereocenters. The fourth-order valence-corrected chi connectivity index (χ4v) is 2.42. The molecule has 4 nitrogen and oxygen atoms in total. The third-order valence-corrected chi connectivity index (χ3v) is 3.22. The van der Waals surface area contributed by atoms with Gasteiger partial charge in [-0.05, 0) is 17.7 Å². The van der Waals surface area contributed by atoms with E-state index in [9.17, 15) is 0 Å². The Bertz CT molecular complexity index is 574. The van der Waals surface area contributed by atoms with Gasteiger partial charge in [-0.1, -0.05) is 11.6 Å². The van der Waals surface area contributed by atoms with Crippen LogP contribution in [0, 0.1) is 0 Å². The third kappa shape index (κ3) is 1.94. The highest BCUT2D eigenvalue weighted by Gasteiger charge is 2.25. The van der Waals surface area contributed by atoms with Crippen molar-refractivity contribution < 1.29 is 4.74 Å². The predicted octanol–water partition coefficient (Wildman–Crippen LogP) is 2.06. The van der Waals surface area contributed by atoms with Crippen LogP contribution in [-0.2, 0) is 6.42 Å². The Kier molecular flexibility index (Phi) is 2.89. The number of nitrogens with two attached hydrogens (primary N) is 1. The van der Waals surface area contributed by atoms with Gasteiger partial charge in [0.15, 0.2) is 0 Å². The van der Waals surface area contributed by atoms with Gasteiger partial charge in [-0.2, -0.15) is 0 Å². The van der Waals surface area contributed by atoms with Crippen LogP contribution in [0.1, 0.15) is 5.56 Å². The maximum Gasteiger partial charge on any atom is 0.131 e. The molecule has 3 rings (SSSR count). The van der Waals surface area contributed by atoms with Crippen LogP contribution < -0.4 is 10.5 Å². The van der Waals surface area contributed by atoms with Crippen LogP contribution in [0.4, 0.5) is 0 Å². The van der Waals surface area contributed by atoms with Gasteiger partial charge in [0, 0.05) is 41.5 Å². The van der Waals surface area contributed by atoms with E-state index in [2.05, 4.69) is 9.97 Å². The molecule has 0 bridgehead atoms. The molecule has 0 amide bonds. The van der Waals surface area contributed by atoms with Gasteiger partial charge in [-0.15, -0.1) is 0 Å². The molecule has 0 aliphatic carbocycles. The van der Waals surface area contributed by atoms with Crippen LogP contribution in [0.3, 0.4) is 0 Å². The monoisotopic (exact) mass is 261 g/mol. The van der Waals surface area contributed by atoms with Crippen molar-refractivity contribution in [2.45, 2.75) is 12.5 Å². The van der Waals surface area contributed by atoms with E-state index in [1.165, 1.54) is 6.33 Å². The first kappa shape index (κ1) is 11.4. The molecular weight excluding hydrogens is 250 g/mol. The predicted molar refractivity (Wildman–Crippen MR) is 69.7 cm³/mol. The molecule has 1 aromatic heterocycles. The SMILES string of the molecule is NCC1Cc2cc(Cl)cc(-c3cncnc3)c2O1. The molecule has 2 heterocycles. The van der Waals surface area contributed by atoms with Gasteiger partial charge in [0.25, 0.3) is 0 Å². The number of nitrogens with zero attached hydrogens (tertiary/aromatic N) is 2. The minimum atomic E-state index is 0.0295. The van der Waals surface area contributed by atoms with Gasteiger partial charge >= 0.3 is 0 Å². The van der Waals surface area contributed by atoms with Crippen LogP contribution >= 0.6 is 11.6 Å². The molecule has 0 fully saturated rings. The summed E-state index contributed by atoms with van der Waals surface area (Å²) >= 11 is 6.14. The molecule has 1 aromatic carbocycles. The topological polar surface area (TPSA) is 61.0 Å². The Morgan fingerprint density at radius 2 is 2.11 bits per heavy atom. The molecule has 5 heteroatoms. The Labute approximate surface area is 110 Å². The van der Waals surface area contributed by atoms with E-state index in [1.807, 2.05) is 12.1 Å². The standard InChI is InChI=1S/C13H12ClN3O/c14-10-1-8-2-11(4-15)18-13(8)12(3-10)9-5-16-7-17-6-9/h1,3,5-7,11H,2,4,15H2. The molecule has 0 saturated carbocycles. The van der Waals surface area contributed by atoms with Gasteiger partial charge < -0.3 is 10.5 Å². The quantitative estimate of drug-likeness (QED) is 0.899. The molecule has 2 aromatic rings. The second-order valence-corrected chi connectivity index (χ2v) is 4.68. The number of rotatable bonds is 2. The highest BCUT2D eigenvalue weighted by molar-refractivity contribution is 6.31. The lowest BCUT2D eigenvalue weighted by Gasteiger charge is -2.10. The summed E-state index contributed by atoms with van der Waals surface area (Å²) in [7, 11) is 0. The fourth-order valence-electron chi connectivity index (χ4n) is 2.18. The van der Waals surface area contributed by atoms with E-state index in [0.717, 1.165) is 28.9 Å². The Morgan fingerprint density at radius 1 is 1.33 bits per heavy atom. The average molecular weight is 262 g/mol. The summed E-state index contributed by atoms with van der Waals surface area (Å²) in [5.41, 5.74) is 8.57. The smallest absolute Gasteiger partial charge is 0.131 e. The van der Waals surface area contributed by atoms with Crippen molar-refractivity contribution in [3.63, 3.8) is 0 Å². The van der Waals surface area contributed by atoms with E-state index >= 15 is 0 Å². The van der Waals surface area contributed by atoms with Crippen molar-refractivity contribution in [3.8, 4) is 16.9 Å². The van der Waals surface area contributed by atoms with Crippen molar-refractivity contribution in [1.29, 1.82) is 0 Å². The van der Waals surface area contributed by atoms with Gasteiger partial charge in [0.1, 0.15) is 18.2 Å². The summed E-state index contributed by atoms with van der Waals surface area (Å²) in [6, 6.07) is 3.80. The number of aromatic nitrogens is 2. The second kappa shape index (κ2) is 4.55. The lowest BCUT2D eigenvalue weighted by Crippen LogP contribution is -2.24. The van der Waals surface area contributed by atoms with Crippen LogP contribution in [0.25, 0.3) is 11.1 Å². The molecule has 0 radical (unpaired) electrons. The largest absolute Gasteiger partial charge is 0.488 e. The molecule has 2 N–H and O–H groups in total. The summed E-state index contributed by atoms with van der Waals surface area (Å²) in [5.74, 6) is 0.852. The molecule has 1 aliphatic heterocycles. The molecule has 0 saturated heterocycles. The van der Waals surface area contributed by atoms with E-state index < -0.39 is 0 Å². The molecule has 0 spiro atoms. The molecular formula is C13H12ClN3O. The van der Waals surface area contributed by atoms with Crippen LogP contribution in [0.5, 0.6) is 5.75 Å². The first-order valence-electron chi connectivity index (χ1n) is 5.72. The van der Waals surface area contributed by atoms with E-state index in [-0.39, 0.29) is 6.10 Å². The molecule has 1 atom stereocenters. The zero-order valence-corrected chi connectivity index (χ0v) is 10.4. The van der Waals surface area contributed by atoms with Gasteiger partial charge in [-0.3, -0.25) is 0 Å². The number of halogens is 1. The highest BCUT2D eigenvalue weighted by atomic mass is 35.5. The van der Waals surface area contributed by atoms with Crippen LogP contribution in [0.2, 0.25) is 5.02 Å². The fraction of sp³-hybridized carbons (Fsp3) is 0.231. The Hall–Kier alpha value is -1.65. The summed E-state index contributed by atoms with van der Waals surface area (Å²) in [6.07, 6.45) is 5.82. The van der Waals surface area contributed by atoms with E-state index in [1.54, 1.807) is 12.4 Å². The van der Waals surface area contributed by atoms with Crippen LogP contribution in [0.15, 0.2) is 30.9 Å². The van der Waals surface area contributed by atoms with Crippen LogP contribution in [-0.4, -0.2) is 22.6 Å². The number of benzene rings is 1. The van der Waals surface area contributed by atoms with Crippen molar-refractivity contribution in [3.05, 3.63) is 41.4 Å². The van der Waals surface area contributed by atoms with Crippen molar-refractivity contribution in [2.75, 3.05) is 6.54 Å². The van der Waals surface area contributed by atoms with E-state index in [4.69, 9.17) is 22.1 Å². The van der Waals surface area contributed by atoms with Gasteiger partial charge in [0.2, 0.25) is 0 Å². The lowest BCUT2D eigenvalue weighted by atomic mass is 10.0. The number of hydrogen-bond donors (Lipinski definition) is 1. The Balaban J connectivity index is 2.12. The van der Waals surface area contributed by atoms with Gasteiger partial charge in [-0.25, -0.2) is 9.97 Å². The summed E-state index contributed by atoms with van der Waals surface area (Å²) in [4.78, 5) is 8.04. The summed E-state index contributed by atoms with van der Waals surface area (Å²) < 4.78 is 5.86. The first-order chi connectivity index (χ1) is 8.78. The van der Waals surface area contributed by atoms with E-state index in [0.29, 0.717) is 11.6 Å². The Morgan fingerprint density at radius 3 is 2.83 bits per heavy atom. The summed E-state index contributed by atoms with van der Waals surface area (Å²) in [6.45, 7) is 0.497. The average Bonchev–Trinajstić information content (AvgIpc) is 2.81. The van der Waals surface area contributed by atoms with Crippen molar-refractivity contribution in [2.24, 2.45) is 5.73 Å². The minimum Gasteiger partial charge on any atom is -0.488 e. The highest BCUT2D eigenvalue weighted by Crippen LogP contribution is 2.40. The maximum atomic E-state index is 6.14. The minimum absolute atomic E-state index is 0.0295. The molecule has 18 heavy (non-hydrogen) atoms. The second-order valence-electron chi connectivity index (χ2n) is 4.25. The summed E-state index contributed by atoms with van der Waals surface area (Å²) in [5, 5.41) is 0.689. The number of hydrogen-bond acceptors (Lipinski definition) is 4. The van der Waals surface area contributed by atoms with Crippen molar-refractivity contribution >= 4 is 11.6 Å².